The van der Waals surface area contributed by atoms with Crippen LogP contribution in [-0.2, 0) is 17.6 Å². The molecule has 2 N–H and O–H groups in total. The predicted molar refractivity (Wildman–Crippen MR) is 204 cm³/mol. The molecule has 3 aliphatic carbocycles. The summed E-state index contributed by atoms with van der Waals surface area (Å²) in [6.07, 6.45) is 16.3. The lowest BCUT2D eigenvalue weighted by Crippen LogP contribution is -2.38. The quantitative estimate of drug-likeness (QED) is 0.187. The lowest BCUT2D eigenvalue weighted by molar-refractivity contribution is -0.130. The number of aryl methyl sites for hydroxylation is 2. The van der Waals surface area contributed by atoms with Crippen molar-refractivity contribution in [2.24, 2.45) is 22.1 Å². The molecule has 16 heteroatoms. The first-order valence-electron chi connectivity index (χ1n) is 19.6. The molecule has 0 spiro atoms. The third kappa shape index (κ3) is 9.83. The molecule has 3 saturated carbocycles. The minimum atomic E-state index is -0.536. The number of nitrogens with one attached hydrogen (secondary N) is 2. The molecule has 4 fully saturated rings. The summed E-state index contributed by atoms with van der Waals surface area (Å²) in [6.45, 7) is 3.03. The number of amides is 1. The van der Waals surface area contributed by atoms with E-state index >= 15 is 0 Å². The number of H-pyrrole nitrogens is 2. The maximum absolute atomic E-state index is 12.6. The highest BCUT2D eigenvalue weighted by Crippen LogP contribution is 2.34. The van der Waals surface area contributed by atoms with Gasteiger partial charge in [-0.2, -0.15) is 9.97 Å². The fourth-order valence-electron chi connectivity index (χ4n) is 7.24. The Balaban J connectivity index is 0.000000170. The van der Waals surface area contributed by atoms with Gasteiger partial charge in [-0.1, -0.05) is 55.8 Å². The molecule has 0 radical (unpaired) electrons. The van der Waals surface area contributed by atoms with Crippen LogP contribution in [0.25, 0.3) is 22.2 Å². The Bertz CT molecular complexity index is 2310. The van der Waals surface area contributed by atoms with Crippen LogP contribution in [0.3, 0.4) is 0 Å². The second kappa shape index (κ2) is 17.4. The molecule has 4 aromatic rings. The summed E-state index contributed by atoms with van der Waals surface area (Å²) in [5.74, 6) is 1.50. The highest BCUT2D eigenvalue weighted by molar-refractivity contribution is 5.87. The number of fused-ring (bicyclic) bond motifs is 2. The van der Waals surface area contributed by atoms with Crippen LogP contribution in [0.15, 0.2) is 50.5 Å². The number of likely N-dealkylation sites (tertiary alicyclic amines) is 1. The van der Waals surface area contributed by atoms with Crippen LogP contribution >= 0.6 is 0 Å². The van der Waals surface area contributed by atoms with Crippen LogP contribution in [0.1, 0.15) is 114 Å². The number of piperidine rings is 1. The predicted octanol–water partition coefficient (Wildman–Crippen LogP) is 5.29. The number of hydrogen-bond donors (Lipinski definition) is 2. The average molecular weight is 758 g/mol. The number of oxime groups is 2. The Labute approximate surface area is 315 Å². The van der Waals surface area contributed by atoms with Gasteiger partial charge in [-0.3, -0.25) is 24.4 Å². The van der Waals surface area contributed by atoms with Gasteiger partial charge in [0, 0.05) is 44.5 Å². The molecule has 0 unspecified atom stereocenters. The fraction of sp³-hybridized carbons (Fsp3) is 0.564. The number of rotatable bonds is 11. The lowest BCUT2D eigenvalue weighted by atomic mass is 9.81. The van der Waals surface area contributed by atoms with Crippen molar-refractivity contribution in [3.05, 3.63) is 64.8 Å². The smallest absolute Gasteiger partial charge is 0.337 e. The number of carbonyl (C=O) groups is 1. The van der Waals surface area contributed by atoms with E-state index in [9.17, 15) is 24.0 Å². The van der Waals surface area contributed by atoms with E-state index in [2.05, 4.69) is 30.2 Å². The molecule has 4 aromatic heterocycles. The maximum atomic E-state index is 12.6. The molecule has 1 saturated heterocycles. The molecule has 8 rings (SSSR count). The van der Waals surface area contributed by atoms with Gasteiger partial charge in [0.05, 0.1) is 11.4 Å². The summed E-state index contributed by atoms with van der Waals surface area (Å²) >= 11 is 0. The van der Waals surface area contributed by atoms with Crippen molar-refractivity contribution < 1.29 is 23.3 Å². The van der Waals surface area contributed by atoms with Gasteiger partial charge < -0.3 is 23.4 Å². The van der Waals surface area contributed by atoms with Gasteiger partial charge in [0.15, 0.2) is 0 Å². The summed E-state index contributed by atoms with van der Waals surface area (Å²) in [7, 11) is 0. The van der Waals surface area contributed by atoms with E-state index in [1.54, 1.807) is 4.90 Å². The van der Waals surface area contributed by atoms with Gasteiger partial charge >= 0.3 is 23.3 Å². The fourth-order valence-corrected chi connectivity index (χ4v) is 7.24. The topological polar surface area (TPSA) is 215 Å². The van der Waals surface area contributed by atoms with Gasteiger partial charge in [-0.25, -0.2) is 9.59 Å². The Morgan fingerprint density at radius 2 is 1.22 bits per heavy atom. The van der Waals surface area contributed by atoms with E-state index < -0.39 is 16.8 Å². The van der Waals surface area contributed by atoms with Crippen molar-refractivity contribution in [3.63, 3.8) is 0 Å². The first kappa shape index (κ1) is 37.9. The zero-order valence-corrected chi connectivity index (χ0v) is 31.2. The van der Waals surface area contributed by atoms with Crippen LogP contribution in [0.2, 0.25) is 0 Å². The molecule has 292 valence electrons. The molecular weight excluding hydrogens is 710 g/mol. The van der Waals surface area contributed by atoms with Gasteiger partial charge in [0.2, 0.25) is 17.3 Å². The van der Waals surface area contributed by atoms with Crippen LogP contribution in [-0.4, -0.2) is 55.3 Å². The summed E-state index contributed by atoms with van der Waals surface area (Å²) < 4.78 is 10.3. The van der Waals surface area contributed by atoms with Crippen LogP contribution in [0, 0.1) is 11.8 Å². The zero-order valence-electron chi connectivity index (χ0n) is 31.2. The van der Waals surface area contributed by atoms with Gasteiger partial charge in [-0.15, -0.1) is 0 Å². The third-order valence-corrected chi connectivity index (χ3v) is 10.9. The molecule has 0 bridgehead atoms. The standard InChI is InChI=1S/C20H24N4O5.C19H23N3O4/c1-2-15(25)24-9-7-14(8-10-24)23-29-20-21-18(27)17-13(6-5-12-3-4-12)11-16(26)28-19(17)22-20;23-15-11-13(10-9-12-5-4-6-12)16-17(24)20-19(21-18(16)25-15)26-22-14-7-2-1-3-8-14/h11-12H,2-10H2,1H3,(H,21,22,27);11-12H,1-10H2,(H,20,21,24). The highest BCUT2D eigenvalue weighted by atomic mass is 16.6. The van der Waals surface area contributed by atoms with E-state index in [0.29, 0.717) is 73.5 Å². The van der Waals surface area contributed by atoms with Crippen molar-refractivity contribution in [3.8, 4) is 12.0 Å². The molecule has 1 aliphatic heterocycles. The minimum absolute atomic E-state index is 0.0173. The SMILES string of the molecule is CCC(=O)N1CCC(=NOc2nc3oc(=O)cc(CCC4CC4)c3c(=O)[nH]2)CC1.O=c1cc(CCC2CCC2)c2c(=O)[nH]c(ON=C3CCCCC3)nc2o1. The van der Waals surface area contributed by atoms with E-state index in [4.69, 9.17) is 18.5 Å². The summed E-state index contributed by atoms with van der Waals surface area (Å²) in [4.78, 5) is 86.4. The molecule has 1 amide bonds. The highest BCUT2D eigenvalue weighted by Gasteiger charge is 2.23. The summed E-state index contributed by atoms with van der Waals surface area (Å²) in [6, 6.07) is 2.61. The van der Waals surface area contributed by atoms with E-state index in [1.807, 2.05) is 6.92 Å². The molecule has 16 nitrogen and oxygen atoms in total. The number of aromatic nitrogens is 4. The van der Waals surface area contributed by atoms with Crippen LogP contribution in [0.4, 0.5) is 0 Å². The van der Waals surface area contributed by atoms with E-state index in [-0.39, 0.29) is 40.3 Å². The zero-order chi connectivity index (χ0) is 38.3. The van der Waals surface area contributed by atoms with Crippen molar-refractivity contribution in [2.45, 2.75) is 116 Å². The molecule has 5 heterocycles. The third-order valence-electron chi connectivity index (χ3n) is 10.9. The van der Waals surface area contributed by atoms with E-state index in [1.165, 1.54) is 50.7 Å². The van der Waals surface area contributed by atoms with Crippen molar-refractivity contribution in [1.29, 1.82) is 0 Å². The van der Waals surface area contributed by atoms with Crippen molar-refractivity contribution in [1.82, 2.24) is 24.8 Å². The molecule has 0 aromatic carbocycles. The second-order valence-corrected chi connectivity index (χ2v) is 14.9. The Morgan fingerprint density at radius 1 is 0.727 bits per heavy atom. The van der Waals surface area contributed by atoms with Gasteiger partial charge in [0.25, 0.3) is 11.1 Å². The van der Waals surface area contributed by atoms with Crippen LogP contribution < -0.4 is 32.0 Å². The largest absolute Gasteiger partial charge is 0.403 e. The molecule has 4 aliphatic rings. The summed E-state index contributed by atoms with van der Waals surface area (Å²) in [5.41, 5.74) is 1.28. The van der Waals surface area contributed by atoms with Gasteiger partial charge in [0.1, 0.15) is 10.8 Å². The van der Waals surface area contributed by atoms with Crippen molar-refractivity contribution >= 4 is 39.5 Å². The number of nitrogens with zero attached hydrogens (tertiary/aromatic N) is 5. The maximum Gasteiger partial charge on any atom is 0.337 e. The molecular formula is C39H47N7O9. The number of aromatic amines is 2. The van der Waals surface area contributed by atoms with E-state index in [0.717, 1.165) is 49.9 Å². The average Bonchev–Trinajstić information content (AvgIpc) is 3.99. The minimum Gasteiger partial charge on any atom is -0.403 e. The number of hydrogen-bond acceptors (Lipinski definition) is 13. The first-order valence-corrected chi connectivity index (χ1v) is 19.6. The Kier molecular flexibility index (Phi) is 12.0. The van der Waals surface area contributed by atoms with Crippen LogP contribution in [0.5, 0.6) is 12.0 Å². The first-order chi connectivity index (χ1) is 26.7. The normalized spacial score (nSPS) is 17.4. The van der Waals surface area contributed by atoms with Gasteiger partial charge in [-0.05, 0) is 74.3 Å². The lowest BCUT2D eigenvalue weighted by Gasteiger charge is -2.26. The van der Waals surface area contributed by atoms with Crippen molar-refractivity contribution in [2.75, 3.05) is 13.1 Å². The molecule has 0 atom stereocenters. The Hall–Kier alpha value is -5.41. The monoisotopic (exact) mass is 757 g/mol. The molecule has 55 heavy (non-hydrogen) atoms. The second-order valence-electron chi connectivity index (χ2n) is 14.9. The Morgan fingerprint density at radius 3 is 1.67 bits per heavy atom. The number of carbonyl (C=O) groups excluding carboxylic acids is 1. The summed E-state index contributed by atoms with van der Waals surface area (Å²) in [5, 5.41) is 8.77.